The van der Waals surface area contributed by atoms with Crippen LogP contribution in [0.5, 0.6) is 0 Å². The van der Waals surface area contributed by atoms with Gasteiger partial charge in [0.25, 0.3) is 0 Å². The Morgan fingerprint density at radius 2 is 2.12 bits per heavy atom. The fraction of sp³-hybridized carbons (Fsp3) is 0.538. The third-order valence-electron chi connectivity index (χ3n) is 3.60. The van der Waals surface area contributed by atoms with Crippen LogP contribution in [0.25, 0.3) is 0 Å². The maximum atomic E-state index is 6.17. The van der Waals surface area contributed by atoms with Crippen LogP contribution in [0.2, 0.25) is 5.02 Å². The van der Waals surface area contributed by atoms with Crippen molar-refractivity contribution in [1.82, 2.24) is 0 Å². The molecule has 1 aliphatic heterocycles. The number of halogens is 1. The second kappa shape index (κ2) is 4.39. The number of ether oxygens (including phenoxy) is 1. The van der Waals surface area contributed by atoms with Gasteiger partial charge in [0.2, 0.25) is 0 Å². The Morgan fingerprint density at radius 3 is 2.82 bits per heavy atom. The van der Waals surface area contributed by atoms with Crippen LogP contribution >= 0.6 is 11.6 Å². The molecule has 1 aliphatic carbocycles. The lowest BCUT2D eigenvalue weighted by molar-refractivity contribution is 0.0898. The van der Waals surface area contributed by atoms with Crippen LogP contribution in [0.3, 0.4) is 0 Å². The van der Waals surface area contributed by atoms with E-state index in [2.05, 4.69) is 5.32 Å². The number of rotatable bonds is 3. The van der Waals surface area contributed by atoms with Gasteiger partial charge in [0.05, 0.1) is 28.5 Å². The van der Waals surface area contributed by atoms with Crippen molar-refractivity contribution in [2.45, 2.75) is 31.4 Å². The molecule has 3 nitrogen and oxygen atoms in total. The number of benzene rings is 1. The summed E-state index contributed by atoms with van der Waals surface area (Å²) < 4.78 is 5.80. The second-order valence-electron chi connectivity index (χ2n) is 4.92. The molecule has 17 heavy (non-hydrogen) atoms. The van der Waals surface area contributed by atoms with Gasteiger partial charge >= 0.3 is 0 Å². The first-order chi connectivity index (χ1) is 8.25. The Balaban J connectivity index is 1.77. The summed E-state index contributed by atoms with van der Waals surface area (Å²) in [4.78, 5) is 0. The topological polar surface area (TPSA) is 47.3 Å². The third-order valence-corrected chi connectivity index (χ3v) is 3.91. The smallest absolute Gasteiger partial charge is 0.0804 e. The summed E-state index contributed by atoms with van der Waals surface area (Å²) in [5, 5.41) is 4.15. The first-order valence-corrected chi connectivity index (χ1v) is 6.55. The van der Waals surface area contributed by atoms with Crippen LogP contribution < -0.4 is 11.1 Å². The Hall–Kier alpha value is -0.930. The van der Waals surface area contributed by atoms with E-state index in [1.165, 1.54) is 12.8 Å². The van der Waals surface area contributed by atoms with Gasteiger partial charge in [-0.3, -0.25) is 0 Å². The highest BCUT2D eigenvalue weighted by atomic mass is 35.5. The molecule has 3 N–H and O–H groups in total. The molecule has 0 radical (unpaired) electrons. The second-order valence-corrected chi connectivity index (χ2v) is 5.32. The van der Waals surface area contributed by atoms with Crippen LogP contribution in [-0.4, -0.2) is 18.8 Å². The van der Waals surface area contributed by atoms with Crippen molar-refractivity contribution in [1.29, 1.82) is 0 Å². The molecule has 1 heterocycles. The number of nitrogens with one attached hydrogen (secondary N) is 1. The normalized spacial score (nSPS) is 28.3. The predicted molar refractivity (Wildman–Crippen MR) is 70.4 cm³/mol. The summed E-state index contributed by atoms with van der Waals surface area (Å²) in [5.74, 6) is 0.735. The Labute approximate surface area is 106 Å². The van der Waals surface area contributed by atoms with Gasteiger partial charge in [-0.15, -0.1) is 0 Å². The SMILES string of the molecule is Nc1cccc(Cl)c1NC1CCOC1C1CC1. The number of hydrogen-bond acceptors (Lipinski definition) is 3. The van der Waals surface area contributed by atoms with Crippen LogP contribution in [0.15, 0.2) is 18.2 Å². The molecule has 2 unspecified atom stereocenters. The zero-order chi connectivity index (χ0) is 11.8. The molecule has 0 spiro atoms. The van der Waals surface area contributed by atoms with Gasteiger partial charge in [-0.25, -0.2) is 0 Å². The van der Waals surface area contributed by atoms with Crippen molar-refractivity contribution in [2.24, 2.45) is 5.92 Å². The highest BCUT2D eigenvalue weighted by Gasteiger charge is 2.40. The first-order valence-electron chi connectivity index (χ1n) is 6.18. The van der Waals surface area contributed by atoms with E-state index < -0.39 is 0 Å². The van der Waals surface area contributed by atoms with E-state index in [0.717, 1.165) is 24.6 Å². The fourth-order valence-corrected chi connectivity index (χ4v) is 2.77. The van der Waals surface area contributed by atoms with E-state index in [4.69, 9.17) is 22.1 Å². The number of hydrogen-bond donors (Lipinski definition) is 2. The zero-order valence-electron chi connectivity index (χ0n) is 9.66. The Morgan fingerprint density at radius 1 is 1.29 bits per heavy atom. The third kappa shape index (κ3) is 2.22. The van der Waals surface area contributed by atoms with E-state index in [-0.39, 0.29) is 0 Å². The lowest BCUT2D eigenvalue weighted by atomic mass is 10.1. The number of nitrogens with two attached hydrogens (primary N) is 1. The Kier molecular flexibility index (Phi) is 2.89. The van der Waals surface area contributed by atoms with Crippen LogP contribution in [0.4, 0.5) is 11.4 Å². The van der Waals surface area contributed by atoms with Crippen molar-refractivity contribution in [3.63, 3.8) is 0 Å². The Bertz CT molecular complexity index is 400. The maximum Gasteiger partial charge on any atom is 0.0804 e. The summed E-state index contributed by atoms with van der Waals surface area (Å²) in [7, 11) is 0. The molecule has 2 fully saturated rings. The highest BCUT2D eigenvalue weighted by molar-refractivity contribution is 6.33. The zero-order valence-corrected chi connectivity index (χ0v) is 10.4. The molecule has 2 aliphatic rings. The molecule has 0 amide bonds. The summed E-state index contributed by atoms with van der Waals surface area (Å²) in [6.45, 7) is 0.836. The van der Waals surface area contributed by atoms with E-state index >= 15 is 0 Å². The minimum Gasteiger partial charge on any atom is -0.397 e. The fourth-order valence-electron chi connectivity index (χ4n) is 2.53. The lowest BCUT2D eigenvalue weighted by Crippen LogP contribution is -2.31. The molecule has 0 bridgehead atoms. The predicted octanol–water partition coefficient (Wildman–Crippen LogP) is 2.90. The molecule has 2 atom stereocenters. The number of anilines is 2. The average molecular weight is 253 g/mol. The lowest BCUT2D eigenvalue weighted by Gasteiger charge is -2.22. The van der Waals surface area contributed by atoms with Gasteiger partial charge in [-0.1, -0.05) is 17.7 Å². The summed E-state index contributed by atoms with van der Waals surface area (Å²) in [6, 6.07) is 5.95. The molecule has 1 saturated heterocycles. The van der Waals surface area contributed by atoms with Crippen molar-refractivity contribution in [2.75, 3.05) is 17.7 Å². The van der Waals surface area contributed by atoms with Crippen LogP contribution in [0, 0.1) is 5.92 Å². The monoisotopic (exact) mass is 252 g/mol. The standard InChI is InChI=1S/C13H17ClN2O/c14-9-2-1-3-10(15)12(9)16-11-6-7-17-13(11)8-4-5-8/h1-3,8,11,13,16H,4-7,15H2. The quantitative estimate of drug-likeness (QED) is 0.814. The molecule has 1 saturated carbocycles. The maximum absolute atomic E-state index is 6.17. The highest BCUT2D eigenvalue weighted by Crippen LogP contribution is 2.40. The van der Waals surface area contributed by atoms with Gasteiger partial charge in [0.15, 0.2) is 0 Å². The first kappa shape index (κ1) is 11.2. The summed E-state index contributed by atoms with van der Waals surface area (Å²) >= 11 is 6.17. The van der Waals surface area contributed by atoms with Crippen LogP contribution in [-0.2, 0) is 4.74 Å². The van der Waals surface area contributed by atoms with Crippen molar-refractivity contribution in [3.05, 3.63) is 23.2 Å². The van der Waals surface area contributed by atoms with E-state index in [1.54, 1.807) is 0 Å². The largest absolute Gasteiger partial charge is 0.397 e. The van der Waals surface area contributed by atoms with Gasteiger partial charge in [0, 0.05) is 6.61 Å². The molecule has 4 heteroatoms. The van der Waals surface area contributed by atoms with Gasteiger partial charge in [0.1, 0.15) is 0 Å². The molecular weight excluding hydrogens is 236 g/mol. The molecular formula is C13H17ClN2O. The van der Waals surface area contributed by atoms with E-state index in [1.807, 2.05) is 18.2 Å². The van der Waals surface area contributed by atoms with Gasteiger partial charge < -0.3 is 15.8 Å². The molecule has 0 aromatic heterocycles. The summed E-state index contributed by atoms with van der Waals surface area (Å²) in [5.41, 5.74) is 7.51. The molecule has 1 aromatic rings. The minimum absolute atomic E-state index is 0.339. The van der Waals surface area contributed by atoms with Gasteiger partial charge in [-0.2, -0.15) is 0 Å². The minimum atomic E-state index is 0.339. The number of para-hydroxylation sites is 1. The van der Waals surface area contributed by atoms with Crippen LogP contribution in [0.1, 0.15) is 19.3 Å². The number of nitrogen functional groups attached to an aromatic ring is 1. The van der Waals surface area contributed by atoms with Crippen molar-refractivity contribution in [3.8, 4) is 0 Å². The average Bonchev–Trinajstić information content (AvgIpc) is 3.04. The molecule has 92 valence electrons. The van der Waals surface area contributed by atoms with Gasteiger partial charge in [-0.05, 0) is 37.3 Å². The van der Waals surface area contributed by atoms with Crippen molar-refractivity contribution >= 4 is 23.0 Å². The molecule has 1 aromatic carbocycles. The summed E-state index contributed by atoms with van der Waals surface area (Å²) in [6.07, 6.45) is 3.96. The van der Waals surface area contributed by atoms with E-state index in [9.17, 15) is 0 Å². The van der Waals surface area contributed by atoms with E-state index in [0.29, 0.717) is 22.9 Å². The van der Waals surface area contributed by atoms with Crippen molar-refractivity contribution < 1.29 is 4.74 Å². The molecule has 3 rings (SSSR count).